The van der Waals surface area contributed by atoms with Crippen molar-refractivity contribution in [2.75, 3.05) is 13.2 Å². The quantitative estimate of drug-likeness (QED) is 0.728. The first kappa shape index (κ1) is 19.2. The van der Waals surface area contributed by atoms with Crippen molar-refractivity contribution >= 4 is 22.9 Å². The second-order valence-electron chi connectivity index (χ2n) is 7.01. The number of aryl methyl sites for hydroxylation is 2. The van der Waals surface area contributed by atoms with E-state index in [1.54, 1.807) is 14.0 Å². The molecule has 0 saturated carbocycles. The first-order valence-electron chi connectivity index (χ1n) is 9.66. The first-order valence-corrected chi connectivity index (χ1v) is 9.66. The zero-order valence-electron chi connectivity index (χ0n) is 16.0. The number of para-hydroxylation sites is 2. The van der Waals surface area contributed by atoms with Crippen LogP contribution in [-0.2, 0) is 27.4 Å². The predicted molar refractivity (Wildman–Crippen MR) is 102 cm³/mol. The van der Waals surface area contributed by atoms with Crippen molar-refractivity contribution in [2.45, 2.75) is 58.7 Å². The number of benzene rings is 1. The van der Waals surface area contributed by atoms with Crippen LogP contribution in [0.25, 0.3) is 11.0 Å². The number of carbonyl (C=O) groups is 2. The van der Waals surface area contributed by atoms with Crippen LogP contribution in [0.4, 0.5) is 0 Å². The van der Waals surface area contributed by atoms with Crippen LogP contribution in [0.3, 0.4) is 0 Å². The third kappa shape index (κ3) is 4.07. The Morgan fingerprint density at radius 2 is 1.85 bits per heavy atom. The fraction of sp³-hybridized carbons (Fsp3) is 0.550. The predicted octanol–water partition coefficient (Wildman–Crippen LogP) is 2.16. The standard InChI is InChI=1S/C20H27N3O4/c1-3-21-16-9-4-5-10-17(16)23(20(21)26)13-11-19(25)27-14-18(24)22-12-7-6-8-15(22)2/h4-5,9-10,15H,3,6-8,11-14H2,1-2H3. The smallest absolute Gasteiger partial charge is 0.329 e. The topological polar surface area (TPSA) is 73.5 Å². The van der Waals surface area contributed by atoms with Crippen LogP contribution in [0.1, 0.15) is 39.5 Å². The maximum atomic E-state index is 12.6. The molecule has 1 saturated heterocycles. The second kappa shape index (κ2) is 8.41. The lowest BCUT2D eigenvalue weighted by molar-refractivity contribution is -0.153. The Bertz CT molecular complexity index is 883. The van der Waals surface area contributed by atoms with Gasteiger partial charge in [-0.3, -0.25) is 18.7 Å². The van der Waals surface area contributed by atoms with Crippen molar-refractivity contribution in [3.8, 4) is 0 Å². The van der Waals surface area contributed by atoms with Crippen LogP contribution < -0.4 is 5.69 Å². The van der Waals surface area contributed by atoms with Crippen LogP contribution in [0.5, 0.6) is 0 Å². The molecule has 1 fully saturated rings. The van der Waals surface area contributed by atoms with Crippen LogP contribution in [0.15, 0.2) is 29.1 Å². The van der Waals surface area contributed by atoms with Gasteiger partial charge in [0.05, 0.1) is 17.5 Å². The van der Waals surface area contributed by atoms with E-state index in [4.69, 9.17) is 4.74 Å². The molecule has 0 N–H and O–H groups in total. The second-order valence-corrected chi connectivity index (χ2v) is 7.01. The average molecular weight is 373 g/mol. The molecule has 1 aromatic carbocycles. The van der Waals surface area contributed by atoms with Gasteiger partial charge in [-0.1, -0.05) is 12.1 Å². The Balaban J connectivity index is 1.58. The minimum absolute atomic E-state index is 0.0560. The maximum absolute atomic E-state index is 12.6. The molecule has 146 valence electrons. The summed E-state index contributed by atoms with van der Waals surface area (Å²) in [6, 6.07) is 7.72. The number of imidazole rings is 1. The minimum atomic E-state index is -0.465. The van der Waals surface area contributed by atoms with Crippen molar-refractivity contribution in [3.05, 3.63) is 34.7 Å². The molecule has 0 bridgehead atoms. The molecule has 1 aliphatic rings. The van der Waals surface area contributed by atoms with E-state index in [1.165, 1.54) is 0 Å². The lowest BCUT2D eigenvalue weighted by Gasteiger charge is -2.33. The van der Waals surface area contributed by atoms with E-state index in [2.05, 4.69) is 0 Å². The number of fused-ring (bicyclic) bond motifs is 1. The third-order valence-corrected chi connectivity index (χ3v) is 5.26. The summed E-state index contributed by atoms with van der Waals surface area (Å²) in [7, 11) is 0. The van der Waals surface area contributed by atoms with Gasteiger partial charge in [-0.25, -0.2) is 4.79 Å². The minimum Gasteiger partial charge on any atom is -0.456 e. The Kier molecular flexibility index (Phi) is 5.98. The van der Waals surface area contributed by atoms with E-state index in [0.29, 0.717) is 6.54 Å². The summed E-state index contributed by atoms with van der Waals surface area (Å²) in [6.07, 6.45) is 3.17. The zero-order chi connectivity index (χ0) is 19.4. The highest BCUT2D eigenvalue weighted by atomic mass is 16.5. The normalized spacial score (nSPS) is 17.3. The number of aromatic nitrogens is 2. The van der Waals surface area contributed by atoms with Crippen molar-refractivity contribution in [3.63, 3.8) is 0 Å². The number of rotatable bonds is 6. The molecule has 0 radical (unpaired) electrons. The molecule has 1 aliphatic heterocycles. The molecule has 7 heteroatoms. The zero-order valence-corrected chi connectivity index (χ0v) is 16.0. The summed E-state index contributed by atoms with van der Waals surface area (Å²) in [5.74, 6) is -0.608. The van der Waals surface area contributed by atoms with Gasteiger partial charge in [0.1, 0.15) is 0 Å². The number of hydrogen-bond acceptors (Lipinski definition) is 4. The van der Waals surface area contributed by atoms with Gasteiger partial charge in [0.25, 0.3) is 5.91 Å². The number of carbonyl (C=O) groups excluding carboxylic acids is 2. The lowest BCUT2D eigenvalue weighted by Crippen LogP contribution is -2.44. The van der Waals surface area contributed by atoms with Crippen molar-refractivity contribution in [1.82, 2.24) is 14.0 Å². The molecular weight excluding hydrogens is 346 g/mol. The summed E-state index contributed by atoms with van der Waals surface area (Å²) >= 11 is 0. The summed E-state index contributed by atoms with van der Waals surface area (Å²) in [5, 5.41) is 0. The van der Waals surface area contributed by atoms with Gasteiger partial charge in [0, 0.05) is 25.7 Å². The molecule has 3 rings (SSSR count). The number of ether oxygens (including phenoxy) is 1. The van der Waals surface area contributed by atoms with Crippen molar-refractivity contribution in [2.24, 2.45) is 0 Å². The van der Waals surface area contributed by atoms with E-state index in [0.717, 1.165) is 36.8 Å². The summed E-state index contributed by atoms with van der Waals surface area (Å²) in [4.78, 5) is 38.7. The maximum Gasteiger partial charge on any atom is 0.329 e. The number of amides is 1. The molecule has 2 heterocycles. The van der Waals surface area contributed by atoms with Crippen LogP contribution >= 0.6 is 0 Å². The van der Waals surface area contributed by atoms with E-state index in [9.17, 15) is 14.4 Å². The highest BCUT2D eigenvalue weighted by Gasteiger charge is 2.24. The third-order valence-electron chi connectivity index (χ3n) is 5.26. The Hall–Kier alpha value is -2.57. The SMILES string of the molecule is CCn1c(=O)n(CCC(=O)OCC(=O)N2CCCCC2C)c2ccccc21. The van der Waals surface area contributed by atoms with E-state index < -0.39 is 5.97 Å². The molecular formula is C20H27N3O4. The highest BCUT2D eigenvalue weighted by Crippen LogP contribution is 2.16. The molecule has 1 unspecified atom stereocenters. The fourth-order valence-electron chi connectivity index (χ4n) is 3.76. The van der Waals surface area contributed by atoms with Gasteiger partial charge in [-0.05, 0) is 45.2 Å². The van der Waals surface area contributed by atoms with Gasteiger partial charge in [0.2, 0.25) is 0 Å². The van der Waals surface area contributed by atoms with Gasteiger partial charge in [-0.15, -0.1) is 0 Å². The molecule has 1 atom stereocenters. The van der Waals surface area contributed by atoms with Crippen molar-refractivity contribution in [1.29, 1.82) is 0 Å². The number of likely N-dealkylation sites (tertiary alicyclic amines) is 1. The fourth-order valence-corrected chi connectivity index (χ4v) is 3.76. The summed E-state index contributed by atoms with van der Waals surface area (Å²) in [5.41, 5.74) is 1.52. The molecule has 0 aliphatic carbocycles. The highest BCUT2D eigenvalue weighted by molar-refractivity contribution is 5.81. The average Bonchev–Trinajstić information content (AvgIpc) is 2.95. The Morgan fingerprint density at radius 1 is 1.15 bits per heavy atom. The van der Waals surface area contributed by atoms with E-state index >= 15 is 0 Å². The van der Waals surface area contributed by atoms with E-state index in [1.807, 2.05) is 38.1 Å². The van der Waals surface area contributed by atoms with Gasteiger partial charge in [-0.2, -0.15) is 0 Å². The van der Waals surface area contributed by atoms with Crippen molar-refractivity contribution < 1.29 is 14.3 Å². The largest absolute Gasteiger partial charge is 0.456 e. The molecule has 27 heavy (non-hydrogen) atoms. The molecule has 2 aromatic rings. The lowest BCUT2D eigenvalue weighted by atomic mass is 10.0. The number of nitrogens with zero attached hydrogens (tertiary/aromatic N) is 3. The van der Waals surface area contributed by atoms with E-state index in [-0.39, 0.29) is 37.2 Å². The number of hydrogen-bond donors (Lipinski definition) is 0. The van der Waals surface area contributed by atoms with Crippen LogP contribution in [0, 0.1) is 0 Å². The molecule has 0 spiro atoms. The monoisotopic (exact) mass is 373 g/mol. The van der Waals surface area contributed by atoms with Crippen LogP contribution in [-0.4, -0.2) is 45.1 Å². The summed E-state index contributed by atoms with van der Waals surface area (Å²) < 4.78 is 8.43. The van der Waals surface area contributed by atoms with Gasteiger partial charge >= 0.3 is 11.7 Å². The Labute approximate surface area is 158 Å². The molecule has 7 nitrogen and oxygen atoms in total. The van der Waals surface area contributed by atoms with Gasteiger partial charge in [0.15, 0.2) is 6.61 Å². The summed E-state index contributed by atoms with van der Waals surface area (Å²) in [6.45, 7) is 5.24. The molecule has 1 aromatic heterocycles. The number of esters is 1. The van der Waals surface area contributed by atoms with Gasteiger partial charge < -0.3 is 9.64 Å². The first-order chi connectivity index (χ1) is 13.0. The molecule has 1 amide bonds. The Morgan fingerprint density at radius 3 is 2.52 bits per heavy atom. The van der Waals surface area contributed by atoms with Crippen LogP contribution in [0.2, 0.25) is 0 Å². The number of piperidine rings is 1.